The largest absolute Gasteiger partial charge is 0.495 e. The quantitative estimate of drug-likeness (QED) is 0.678. The lowest BCUT2D eigenvalue weighted by molar-refractivity contribution is -0.132. The van der Waals surface area contributed by atoms with Crippen LogP contribution in [0.5, 0.6) is 5.75 Å². The number of nitrogens with one attached hydrogen (secondary N) is 1. The molecular formula is C21H23ClN4O4S. The van der Waals surface area contributed by atoms with Crippen molar-refractivity contribution in [2.75, 3.05) is 45.2 Å². The lowest BCUT2D eigenvalue weighted by atomic mass is 10.2. The Balaban J connectivity index is 1.51. The van der Waals surface area contributed by atoms with Gasteiger partial charge >= 0.3 is 0 Å². The number of sulfonamides is 1. The smallest absolute Gasteiger partial charge is 0.243 e. The van der Waals surface area contributed by atoms with Crippen molar-refractivity contribution in [2.45, 2.75) is 11.3 Å². The van der Waals surface area contributed by atoms with Crippen LogP contribution < -0.4 is 10.1 Å². The van der Waals surface area contributed by atoms with Gasteiger partial charge in [-0.05, 0) is 42.5 Å². The van der Waals surface area contributed by atoms with Crippen LogP contribution in [0.4, 0.5) is 5.69 Å². The molecular weight excluding hydrogens is 440 g/mol. The maximum Gasteiger partial charge on any atom is 0.243 e. The van der Waals surface area contributed by atoms with Crippen LogP contribution in [0.2, 0.25) is 5.02 Å². The van der Waals surface area contributed by atoms with Crippen LogP contribution in [-0.4, -0.2) is 63.4 Å². The van der Waals surface area contributed by atoms with Gasteiger partial charge in [0.15, 0.2) is 0 Å². The molecule has 2 aromatic rings. The molecule has 1 saturated heterocycles. The van der Waals surface area contributed by atoms with E-state index in [0.29, 0.717) is 41.7 Å². The standard InChI is InChI=1S/C21H23ClN4O4S/c1-30-20-7-4-17(22)14-19(20)24-9-8-21(27)25-10-12-26(13-11-25)31(28,29)18-5-2-16(15-23)3-6-18/h2-7,14,24H,8-13H2,1H3. The molecule has 0 radical (unpaired) electrons. The minimum Gasteiger partial charge on any atom is -0.495 e. The van der Waals surface area contributed by atoms with Crippen LogP contribution in [0.25, 0.3) is 0 Å². The first kappa shape index (κ1) is 22.9. The third-order valence-corrected chi connectivity index (χ3v) is 7.18. The highest BCUT2D eigenvalue weighted by Gasteiger charge is 2.29. The zero-order chi connectivity index (χ0) is 22.4. The third kappa shape index (κ3) is 5.47. The molecule has 1 fully saturated rings. The Bertz CT molecular complexity index is 1080. The Kier molecular flexibility index (Phi) is 7.38. The number of piperazine rings is 1. The van der Waals surface area contributed by atoms with Crippen LogP contribution in [0.3, 0.4) is 0 Å². The van der Waals surface area contributed by atoms with Crippen molar-refractivity contribution in [3.8, 4) is 11.8 Å². The molecule has 0 spiro atoms. The normalized spacial score (nSPS) is 14.7. The number of benzene rings is 2. The number of carbonyl (C=O) groups excluding carboxylic acids is 1. The highest BCUT2D eigenvalue weighted by molar-refractivity contribution is 7.89. The minimum absolute atomic E-state index is 0.0519. The maximum absolute atomic E-state index is 12.8. The zero-order valence-corrected chi connectivity index (χ0v) is 18.6. The highest BCUT2D eigenvalue weighted by Crippen LogP contribution is 2.27. The minimum atomic E-state index is -3.65. The average molecular weight is 463 g/mol. The van der Waals surface area contributed by atoms with Gasteiger partial charge in [0.05, 0.1) is 29.3 Å². The summed E-state index contributed by atoms with van der Waals surface area (Å²) in [5, 5.41) is 12.6. The first-order valence-corrected chi connectivity index (χ1v) is 11.5. The van der Waals surface area contributed by atoms with Gasteiger partial charge in [-0.2, -0.15) is 9.57 Å². The Morgan fingerprint density at radius 3 is 2.45 bits per heavy atom. The molecule has 0 unspecified atom stereocenters. The van der Waals surface area contributed by atoms with Gasteiger partial charge in [0.25, 0.3) is 0 Å². The molecule has 8 nitrogen and oxygen atoms in total. The van der Waals surface area contributed by atoms with Crippen LogP contribution in [0.1, 0.15) is 12.0 Å². The number of nitrogens with zero attached hydrogens (tertiary/aromatic N) is 3. The molecule has 0 aliphatic carbocycles. The second-order valence-electron chi connectivity index (χ2n) is 6.94. The average Bonchev–Trinajstić information content (AvgIpc) is 2.79. The summed E-state index contributed by atoms with van der Waals surface area (Å²) in [5.74, 6) is 0.586. The number of nitriles is 1. The molecule has 1 N–H and O–H groups in total. The molecule has 1 amide bonds. The molecule has 0 saturated carbocycles. The summed E-state index contributed by atoms with van der Waals surface area (Å²) >= 11 is 6.01. The number of anilines is 1. The van der Waals surface area contributed by atoms with E-state index in [2.05, 4.69) is 5.32 Å². The summed E-state index contributed by atoms with van der Waals surface area (Å²) in [6.45, 7) is 1.51. The van der Waals surface area contributed by atoms with E-state index in [-0.39, 0.29) is 30.3 Å². The van der Waals surface area contributed by atoms with Crippen LogP contribution in [0, 0.1) is 11.3 Å². The number of hydrogen-bond acceptors (Lipinski definition) is 6. The summed E-state index contributed by atoms with van der Waals surface area (Å²) in [6, 6.07) is 13.0. The molecule has 0 bridgehead atoms. The lowest BCUT2D eigenvalue weighted by Crippen LogP contribution is -2.50. The van der Waals surface area contributed by atoms with Gasteiger partial charge in [-0.25, -0.2) is 8.42 Å². The summed E-state index contributed by atoms with van der Waals surface area (Å²) in [4.78, 5) is 14.3. The third-order valence-electron chi connectivity index (χ3n) is 5.03. The SMILES string of the molecule is COc1ccc(Cl)cc1NCCC(=O)N1CCN(S(=O)(=O)c2ccc(C#N)cc2)CC1. The fraction of sp³-hybridized carbons (Fsp3) is 0.333. The van der Waals surface area contributed by atoms with Crippen molar-refractivity contribution in [1.29, 1.82) is 5.26 Å². The number of rotatable bonds is 7. The topological polar surface area (TPSA) is 103 Å². The fourth-order valence-corrected chi connectivity index (χ4v) is 4.90. The Labute approximate surface area is 187 Å². The zero-order valence-electron chi connectivity index (χ0n) is 17.0. The maximum atomic E-state index is 12.8. The molecule has 10 heteroatoms. The monoisotopic (exact) mass is 462 g/mol. The van der Waals surface area contributed by atoms with Crippen molar-refractivity contribution in [3.05, 3.63) is 53.1 Å². The van der Waals surface area contributed by atoms with Crippen molar-refractivity contribution in [3.63, 3.8) is 0 Å². The predicted octanol–water partition coefficient (Wildman–Crippen LogP) is 2.56. The number of carbonyl (C=O) groups is 1. The van der Waals surface area contributed by atoms with E-state index in [4.69, 9.17) is 21.6 Å². The molecule has 0 atom stereocenters. The van der Waals surface area contributed by atoms with Gasteiger partial charge < -0.3 is 15.0 Å². The molecule has 1 heterocycles. The Hall–Kier alpha value is -2.80. The summed E-state index contributed by atoms with van der Waals surface area (Å²) in [5.41, 5.74) is 1.11. The van der Waals surface area contributed by atoms with Crippen LogP contribution >= 0.6 is 11.6 Å². The van der Waals surface area contributed by atoms with Crippen molar-refractivity contribution < 1.29 is 17.9 Å². The summed E-state index contributed by atoms with van der Waals surface area (Å²) < 4.78 is 32.2. The number of methoxy groups -OCH3 is 1. The molecule has 164 valence electrons. The van der Waals surface area contributed by atoms with E-state index >= 15 is 0 Å². The summed E-state index contributed by atoms with van der Waals surface area (Å²) in [6.07, 6.45) is 0.262. The highest BCUT2D eigenvalue weighted by atomic mass is 35.5. The second kappa shape index (κ2) is 10.0. The van der Waals surface area contributed by atoms with Gasteiger partial charge in [-0.1, -0.05) is 11.6 Å². The summed E-state index contributed by atoms with van der Waals surface area (Å²) in [7, 11) is -2.09. The van der Waals surface area contributed by atoms with Gasteiger partial charge in [0.2, 0.25) is 15.9 Å². The first-order chi connectivity index (χ1) is 14.8. The van der Waals surface area contributed by atoms with Gasteiger partial charge in [-0.15, -0.1) is 0 Å². The Morgan fingerprint density at radius 2 is 1.84 bits per heavy atom. The lowest BCUT2D eigenvalue weighted by Gasteiger charge is -2.34. The van der Waals surface area contributed by atoms with Crippen molar-refractivity contribution in [2.24, 2.45) is 0 Å². The Morgan fingerprint density at radius 1 is 1.16 bits per heavy atom. The predicted molar refractivity (Wildman–Crippen MR) is 118 cm³/mol. The fourth-order valence-electron chi connectivity index (χ4n) is 3.31. The molecule has 3 rings (SSSR count). The number of halogens is 1. The second-order valence-corrected chi connectivity index (χ2v) is 9.32. The molecule has 1 aliphatic heterocycles. The van der Waals surface area contributed by atoms with E-state index in [1.165, 1.54) is 28.6 Å². The van der Waals surface area contributed by atoms with E-state index in [9.17, 15) is 13.2 Å². The molecule has 31 heavy (non-hydrogen) atoms. The first-order valence-electron chi connectivity index (χ1n) is 9.70. The van der Waals surface area contributed by atoms with E-state index in [1.54, 1.807) is 30.2 Å². The molecule has 2 aromatic carbocycles. The van der Waals surface area contributed by atoms with Gasteiger partial charge in [-0.3, -0.25) is 4.79 Å². The molecule has 1 aliphatic rings. The van der Waals surface area contributed by atoms with E-state index < -0.39 is 10.0 Å². The van der Waals surface area contributed by atoms with Crippen LogP contribution in [-0.2, 0) is 14.8 Å². The van der Waals surface area contributed by atoms with Gasteiger partial charge in [0, 0.05) is 44.2 Å². The number of amides is 1. The van der Waals surface area contributed by atoms with E-state index in [0.717, 1.165) is 0 Å². The van der Waals surface area contributed by atoms with E-state index in [1.807, 2.05) is 6.07 Å². The van der Waals surface area contributed by atoms with Gasteiger partial charge in [0.1, 0.15) is 5.75 Å². The molecule has 0 aromatic heterocycles. The van der Waals surface area contributed by atoms with Crippen LogP contribution in [0.15, 0.2) is 47.4 Å². The number of hydrogen-bond donors (Lipinski definition) is 1. The van der Waals surface area contributed by atoms with Crippen molar-refractivity contribution in [1.82, 2.24) is 9.21 Å². The van der Waals surface area contributed by atoms with Crippen molar-refractivity contribution >= 4 is 33.2 Å². The number of ether oxygens (including phenoxy) is 1.